The van der Waals surface area contributed by atoms with Gasteiger partial charge in [0.05, 0.1) is 5.60 Å². The van der Waals surface area contributed by atoms with E-state index in [0.717, 1.165) is 6.42 Å². The van der Waals surface area contributed by atoms with Gasteiger partial charge >= 0.3 is 0 Å². The van der Waals surface area contributed by atoms with Crippen LogP contribution in [-0.2, 0) is 6.42 Å². The van der Waals surface area contributed by atoms with Gasteiger partial charge in [-0.2, -0.15) is 0 Å². The molecule has 0 saturated heterocycles. The van der Waals surface area contributed by atoms with Crippen LogP contribution < -0.4 is 0 Å². The summed E-state index contributed by atoms with van der Waals surface area (Å²) in [6.07, 6.45) is 7.02. The van der Waals surface area contributed by atoms with E-state index < -0.39 is 0 Å². The number of aliphatic hydroxyl groups is 1. The van der Waals surface area contributed by atoms with Gasteiger partial charge in [-0.3, -0.25) is 0 Å². The first kappa shape index (κ1) is 11.3. The van der Waals surface area contributed by atoms with Crippen LogP contribution in [0.15, 0.2) is 24.3 Å². The maximum atomic E-state index is 10.8. The summed E-state index contributed by atoms with van der Waals surface area (Å²) in [5.41, 5.74) is 2.53. The van der Waals surface area contributed by atoms with Gasteiger partial charge in [0.15, 0.2) is 0 Å². The van der Waals surface area contributed by atoms with E-state index in [-0.39, 0.29) is 5.60 Å². The monoisotopic (exact) mass is 230 g/mol. The van der Waals surface area contributed by atoms with Crippen LogP contribution in [0.4, 0.5) is 0 Å². The molecule has 0 aliphatic heterocycles. The van der Waals surface area contributed by atoms with Gasteiger partial charge in [0.1, 0.15) is 0 Å². The lowest BCUT2D eigenvalue weighted by Gasteiger charge is -2.30. The first-order valence-electron chi connectivity index (χ1n) is 7.06. The van der Waals surface area contributed by atoms with Crippen LogP contribution in [0, 0.1) is 5.92 Å². The van der Waals surface area contributed by atoms with E-state index in [1.54, 1.807) is 0 Å². The highest BCUT2D eigenvalue weighted by Gasteiger charge is 2.57. The van der Waals surface area contributed by atoms with Crippen molar-refractivity contribution in [2.24, 2.45) is 5.92 Å². The molecule has 3 rings (SSSR count). The van der Waals surface area contributed by atoms with Crippen LogP contribution in [0.5, 0.6) is 0 Å². The summed E-state index contributed by atoms with van der Waals surface area (Å²) >= 11 is 0. The quantitative estimate of drug-likeness (QED) is 0.840. The molecule has 0 amide bonds. The summed E-state index contributed by atoms with van der Waals surface area (Å²) in [6, 6.07) is 8.72. The third-order valence-corrected chi connectivity index (χ3v) is 4.73. The molecule has 0 bridgehead atoms. The molecule has 1 aromatic rings. The lowest BCUT2D eigenvalue weighted by atomic mass is 9.77. The van der Waals surface area contributed by atoms with Crippen LogP contribution in [0.1, 0.15) is 56.1 Å². The molecule has 1 N–H and O–H groups in total. The van der Waals surface area contributed by atoms with Crippen LogP contribution in [0.25, 0.3) is 0 Å². The Morgan fingerprint density at radius 3 is 3.00 bits per heavy atom. The normalized spacial score (nSPS) is 35.4. The van der Waals surface area contributed by atoms with Gasteiger partial charge in [0.25, 0.3) is 0 Å². The summed E-state index contributed by atoms with van der Waals surface area (Å²) in [5, 5.41) is 10.8. The highest BCUT2D eigenvalue weighted by atomic mass is 16.3. The SMILES string of the molecule is CCCC1CC1(O)C1CCCc2ccccc21. The molecule has 2 aliphatic rings. The molecule has 0 spiro atoms. The van der Waals surface area contributed by atoms with Crippen LogP contribution in [-0.4, -0.2) is 10.7 Å². The summed E-state index contributed by atoms with van der Waals surface area (Å²) in [4.78, 5) is 0. The van der Waals surface area contributed by atoms with E-state index in [0.29, 0.717) is 11.8 Å². The molecule has 1 saturated carbocycles. The minimum Gasteiger partial charge on any atom is -0.389 e. The molecule has 1 nitrogen and oxygen atoms in total. The molecule has 1 aromatic carbocycles. The van der Waals surface area contributed by atoms with E-state index in [4.69, 9.17) is 0 Å². The van der Waals surface area contributed by atoms with Crippen LogP contribution in [0.3, 0.4) is 0 Å². The molecule has 3 atom stereocenters. The Labute approximate surface area is 104 Å². The fourth-order valence-electron chi connectivity index (χ4n) is 3.74. The van der Waals surface area contributed by atoms with Crippen molar-refractivity contribution in [2.75, 3.05) is 0 Å². The fourth-order valence-corrected chi connectivity index (χ4v) is 3.74. The van der Waals surface area contributed by atoms with Gasteiger partial charge in [0.2, 0.25) is 0 Å². The van der Waals surface area contributed by atoms with Crippen LogP contribution >= 0.6 is 0 Å². The topological polar surface area (TPSA) is 20.2 Å². The Morgan fingerprint density at radius 1 is 1.35 bits per heavy atom. The molecule has 1 heteroatoms. The van der Waals surface area contributed by atoms with Gasteiger partial charge in [-0.1, -0.05) is 37.6 Å². The summed E-state index contributed by atoms with van der Waals surface area (Å²) in [5.74, 6) is 0.965. The average Bonchev–Trinajstić information content (AvgIpc) is 3.01. The second-order valence-corrected chi connectivity index (χ2v) is 5.82. The number of hydrogen-bond acceptors (Lipinski definition) is 1. The van der Waals surface area contributed by atoms with Crippen LogP contribution in [0.2, 0.25) is 0 Å². The van der Waals surface area contributed by atoms with Gasteiger partial charge in [-0.05, 0) is 49.1 Å². The first-order chi connectivity index (χ1) is 8.25. The Hall–Kier alpha value is -0.820. The van der Waals surface area contributed by atoms with E-state index in [1.807, 2.05) is 0 Å². The smallest absolute Gasteiger partial charge is 0.0748 e. The third-order valence-electron chi connectivity index (χ3n) is 4.73. The molecular weight excluding hydrogens is 208 g/mol. The maximum absolute atomic E-state index is 10.8. The Kier molecular flexibility index (Phi) is 2.74. The number of rotatable bonds is 3. The average molecular weight is 230 g/mol. The number of benzene rings is 1. The van der Waals surface area contributed by atoms with Gasteiger partial charge in [-0.25, -0.2) is 0 Å². The van der Waals surface area contributed by atoms with Crippen molar-refractivity contribution >= 4 is 0 Å². The largest absolute Gasteiger partial charge is 0.389 e. The third kappa shape index (κ3) is 1.81. The fraction of sp³-hybridized carbons (Fsp3) is 0.625. The lowest BCUT2D eigenvalue weighted by Crippen LogP contribution is -2.26. The molecule has 2 aliphatic carbocycles. The standard InChI is InChI=1S/C16H22O/c1-2-6-13-11-16(13,17)15-10-5-8-12-7-3-4-9-14(12)15/h3-4,7,9,13,15,17H,2,5-6,8,10-11H2,1H3. The van der Waals surface area contributed by atoms with E-state index in [9.17, 15) is 5.11 Å². The second kappa shape index (κ2) is 4.13. The molecule has 0 aromatic heterocycles. The molecule has 92 valence electrons. The number of fused-ring (bicyclic) bond motifs is 1. The van der Waals surface area contributed by atoms with Gasteiger partial charge in [-0.15, -0.1) is 0 Å². The second-order valence-electron chi connectivity index (χ2n) is 5.82. The minimum atomic E-state index is -0.369. The van der Waals surface area contributed by atoms with Crippen molar-refractivity contribution in [1.29, 1.82) is 0 Å². The first-order valence-corrected chi connectivity index (χ1v) is 7.06. The van der Waals surface area contributed by atoms with Gasteiger partial charge < -0.3 is 5.11 Å². The van der Waals surface area contributed by atoms with E-state index in [1.165, 1.54) is 43.2 Å². The minimum absolute atomic E-state index is 0.369. The predicted octanol–water partition coefficient (Wildman–Crippen LogP) is 3.66. The zero-order valence-electron chi connectivity index (χ0n) is 10.7. The highest BCUT2D eigenvalue weighted by molar-refractivity contribution is 5.37. The highest BCUT2D eigenvalue weighted by Crippen LogP contribution is 2.57. The maximum Gasteiger partial charge on any atom is 0.0748 e. The van der Waals surface area contributed by atoms with Crippen molar-refractivity contribution in [3.8, 4) is 0 Å². The van der Waals surface area contributed by atoms with Gasteiger partial charge in [0, 0.05) is 5.92 Å². The molecule has 1 fully saturated rings. The zero-order chi connectivity index (χ0) is 11.9. The molecule has 3 unspecified atom stereocenters. The Balaban J connectivity index is 1.87. The summed E-state index contributed by atoms with van der Waals surface area (Å²) < 4.78 is 0. The number of hydrogen-bond donors (Lipinski definition) is 1. The van der Waals surface area contributed by atoms with Crippen molar-refractivity contribution in [3.05, 3.63) is 35.4 Å². The molecular formula is C16H22O. The Morgan fingerprint density at radius 2 is 2.18 bits per heavy atom. The van der Waals surface area contributed by atoms with Crippen molar-refractivity contribution < 1.29 is 5.11 Å². The van der Waals surface area contributed by atoms with Crippen molar-refractivity contribution in [2.45, 2.75) is 57.0 Å². The summed E-state index contributed by atoms with van der Waals surface area (Å²) in [6.45, 7) is 2.22. The van der Waals surface area contributed by atoms with E-state index in [2.05, 4.69) is 31.2 Å². The lowest BCUT2D eigenvalue weighted by molar-refractivity contribution is 0.0899. The zero-order valence-corrected chi connectivity index (χ0v) is 10.7. The number of aryl methyl sites for hydroxylation is 1. The molecule has 0 radical (unpaired) electrons. The van der Waals surface area contributed by atoms with Crippen molar-refractivity contribution in [3.63, 3.8) is 0 Å². The molecule has 0 heterocycles. The summed E-state index contributed by atoms with van der Waals surface area (Å²) in [7, 11) is 0. The van der Waals surface area contributed by atoms with Crippen molar-refractivity contribution in [1.82, 2.24) is 0 Å². The Bertz CT molecular complexity index is 412. The van der Waals surface area contributed by atoms with E-state index >= 15 is 0 Å². The molecule has 17 heavy (non-hydrogen) atoms. The predicted molar refractivity (Wildman–Crippen MR) is 70.1 cm³/mol.